The van der Waals surface area contributed by atoms with Crippen molar-refractivity contribution in [1.82, 2.24) is 10.3 Å². The zero-order valence-electron chi connectivity index (χ0n) is 14.3. The first-order chi connectivity index (χ1) is 13.0. The van der Waals surface area contributed by atoms with Crippen molar-refractivity contribution in [2.24, 2.45) is 0 Å². The van der Waals surface area contributed by atoms with Crippen molar-refractivity contribution in [3.8, 4) is 0 Å². The number of thiazole rings is 1. The smallest absolute Gasteiger partial charge is 0.263 e. The molecular weight excluding hydrogens is 382 g/mol. The summed E-state index contributed by atoms with van der Waals surface area (Å²) >= 11 is 1.20. The second-order valence-corrected chi connectivity index (χ2v) is 8.89. The van der Waals surface area contributed by atoms with E-state index in [1.807, 2.05) is 12.1 Å². The summed E-state index contributed by atoms with van der Waals surface area (Å²) < 4.78 is 27.1. The number of fused-ring (bicyclic) bond motifs is 1. The van der Waals surface area contributed by atoms with Gasteiger partial charge < -0.3 is 5.32 Å². The van der Waals surface area contributed by atoms with Gasteiger partial charge in [-0.15, -0.1) is 11.3 Å². The Hall–Kier alpha value is -2.71. The predicted octanol–water partition coefficient (Wildman–Crippen LogP) is 2.84. The number of carbonyl (C=O) groups excluding carboxylic acids is 1. The molecule has 1 aliphatic carbocycles. The molecule has 0 radical (unpaired) electrons. The third-order valence-corrected chi connectivity index (χ3v) is 6.64. The van der Waals surface area contributed by atoms with Gasteiger partial charge in [-0.25, -0.2) is 13.4 Å². The summed E-state index contributed by atoms with van der Waals surface area (Å²) in [6, 6.07) is 14.1. The summed E-state index contributed by atoms with van der Waals surface area (Å²) in [5.41, 5.74) is 2.95. The van der Waals surface area contributed by atoms with E-state index in [-0.39, 0.29) is 16.8 Å². The Morgan fingerprint density at radius 1 is 1.04 bits per heavy atom. The Kier molecular flexibility index (Phi) is 4.67. The van der Waals surface area contributed by atoms with Gasteiger partial charge in [0.05, 0.1) is 4.90 Å². The van der Waals surface area contributed by atoms with Gasteiger partial charge >= 0.3 is 0 Å². The molecule has 138 valence electrons. The van der Waals surface area contributed by atoms with Gasteiger partial charge in [0.1, 0.15) is 0 Å². The summed E-state index contributed by atoms with van der Waals surface area (Å²) in [5, 5.41) is 5.01. The fraction of sp³-hybridized carbons (Fsp3) is 0.158. The SMILES string of the molecule is O=C(NC1Cc2ccccc2C1)c1ccc(S(=O)(=O)Nc2nccs2)cc1. The highest BCUT2D eigenvalue weighted by molar-refractivity contribution is 7.93. The average Bonchev–Trinajstić information content (AvgIpc) is 3.30. The lowest BCUT2D eigenvalue weighted by Crippen LogP contribution is -2.35. The quantitative estimate of drug-likeness (QED) is 0.691. The molecule has 1 aromatic heterocycles. The van der Waals surface area contributed by atoms with Crippen molar-refractivity contribution in [2.75, 3.05) is 4.72 Å². The Morgan fingerprint density at radius 3 is 2.30 bits per heavy atom. The van der Waals surface area contributed by atoms with E-state index in [0.29, 0.717) is 10.7 Å². The minimum atomic E-state index is -3.72. The maximum absolute atomic E-state index is 12.5. The largest absolute Gasteiger partial charge is 0.349 e. The van der Waals surface area contributed by atoms with E-state index >= 15 is 0 Å². The van der Waals surface area contributed by atoms with Gasteiger partial charge in [0.15, 0.2) is 5.13 Å². The first-order valence-corrected chi connectivity index (χ1v) is 10.8. The molecular formula is C19H17N3O3S2. The van der Waals surface area contributed by atoms with Gasteiger partial charge in [0.25, 0.3) is 15.9 Å². The van der Waals surface area contributed by atoms with Crippen molar-refractivity contribution in [1.29, 1.82) is 0 Å². The molecule has 2 aromatic carbocycles. The molecule has 1 heterocycles. The molecule has 1 aliphatic rings. The first-order valence-electron chi connectivity index (χ1n) is 8.41. The van der Waals surface area contributed by atoms with Gasteiger partial charge in [-0.05, 0) is 48.2 Å². The summed E-state index contributed by atoms with van der Waals surface area (Å²) in [6.45, 7) is 0. The van der Waals surface area contributed by atoms with Gasteiger partial charge in [0.2, 0.25) is 0 Å². The summed E-state index contributed by atoms with van der Waals surface area (Å²) in [7, 11) is -3.72. The Bertz CT molecular complexity index is 1040. The van der Waals surface area contributed by atoms with Crippen LogP contribution >= 0.6 is 11.3 Å². The highest BCUT2D eigenvalue weighted by atomic mass is 32.2. The van der Waals surface area contributed by atoms with E-state index in [1.54, 1.807) is 5.38 Å². The molecule has 2 N–H and O–H groups in total. The molecule has 0 saturated carbocycles. The second-order valence-electron chi connectivity index (χ2n) is 6.31. The van der Waals surface area contributed by atoms with Crippen LogP contribution in [0.3, 0.4) is 0 Å². The van der Waals surface area contributed by atoms with Crippen LogP contribution in [-0.2, 0) is 22.9 Å². The summed E-state index contributed by atoms with van der Waals surface area (Å²) in [6.07, 6.45) is 3.15. The summed E-state index contributed by atoms with van der Waals surface area (Å²) in [4.78, 5) is 16.5. The third-order valence-electron chi connectivity index (χ3n) is 4.47. The van der Waals surface area contributed by atoms with Gasteiger partial charge in [-0.2, -0.15) is 0 Å². The van der Waals surface area contributed by atoms with Crippen molar-refractivity contribution in [3.05, 3.63) is 76.8 Å². The van der Waals surface area contributed by atoms with Crippen LogP contribution in [0, 0.1) is 0 Å². The fourth-order valence-corrected chi connectivity index (χ4v) is 4.95. The number of nitrogens with zero attached hydrogens (tertiary/aromatic N) is 1. The molecule has 6 nitrogen and oxygen atoms in total. The molecule has 4 rings (SSSR count). The number of anilines is 1. The number of amides is 1. The predicted molar refractivity (Wildman–Crippen MR) is 104 cm³/mol. The highest BCUT2D eigenvalue weighted by Crippen LogP contribution is 2.22. The zero-order chi connectivity index (χ0) is 18.9. The third kappa shape index (κ3) is 3.86. The molecule has 0 spiro atoms. The molecule has 0 unspecified atom stereocenters. The number of benzene rings is 2. The molecule has 0 fully saturated rings. The molecule has 27 heavy (non-hydrogen) atoms. The van der Waals surface area contributed by atoms with Crippen molar-refractivity contribution < 1.29 is 13.2 Å². The van der Waals surface area contributed by atoms with Crippen molar-refractivity contribution in [2.45, 2.75) is 23.8 Å². The van der Waals surface area contributed by atoms with E-state index in [0.717, 1.165) is 12.8 Å². The Balaban J connectivity index is 1.42. The molecule has 0 atom stereocenters. The maximum atomic E-state index is 12.5. The topological polar surface area (TPSA) is 88.2 Å². The minimum Gasteiger partial charge on any atom is -0.349 e. The molecule has 3 aromatic rings. The molecule has 0 bridgehead atoms. The number of rotatable bonds is 5. The number of carbonyl (C=O) groups is 1. The van der Waals surface area contributed by atoms with Crippen LogP contribution in [-0.4, -0.2) is 25.4 Å². The molecule has 1 amide bonds. The van der Waals surface area contributed by atoms with Crippen LogP contribution in [0.2, 0.25) is 0 Å². The number of nitrogens with one attached hydrogen (secondary N) is 2. The number of sulfonamides is 1. The van der Waals surface area contributed by atoms with E-state index in [9.17, 15) is 13.2 Å². The number of hydrogen-bond acceptors (Lipinski definition) is 5. The van der Waals surface area contributed by atoms with Crippen molar-refractivity contribution in [3.63, 3.8) is 0 Å². The average molecular weight is 399 g/mol. The van der Waals surface area contributed by atoms with Gasteiger partial charge in [-0.3, -0.25) is 9.52 Å². The molecule has 0 aliphatic heterocycles. The molecule has 8 heteroatoms. The van der Waals surface area contributed by atoms with E-state index in [2.05, 4.69) is 27.2 Å². The lowest BCUT2D eigenvalue weighted by molar-refractivity contribution is 0.0938. The maximum Gasteiger partial charge on any atom is 0.263 e. The summed E-state index contributed by atoms with van der Waals surface area (Å²) in [5.74, 6) is -0.204. The van der Waals surface area contributed by atoms with Gasteiger partial charge in [0, 0.05) is 23.2 Å². The van der Waals surface area contributed by atoms with Crippen LogP contribution in [0.5, 0.6) is 0 Å². The first kappa shape index (κ1) is 17.7. The molecule has 0 saturated heterocycles. The lowest BCUT2D eigenvalue weighted by Gasteiger charge is -2.12. The van der Waals surface area contributed by atoms with E-state index < -0.39 is 10.0 Å². The van der Waals surface area contributed by atoms with Crippen LogP contribution in [0.1, 0.15) is 21.5 Å². The van der Waals surface area contributed by atoms with Crippen LogP contribution < -0.4 is 10.0 Å². The highest BCUT2D eigenvalue weighted by Gasteiger charge is 2.23. The van der Waals surface area contributed by atoms with Crippen LogP contribution in [0.25, 0.3) is 0 Å². The standard InChI is InChI=1S/C19H17N3O3S2/c23-18(21-16-11-14-3-1-2-4-15(14)12-16)13-5-7-17(8-6-13)27(24,25)22-19-20-9-10-26-19/h1-10,16H,11-12H2,(H,20,22)(H,21,23). The van der Waals surface area contributed by atoms with E-state index in [4.69, 9.17) is 0 Å². The van der Waals surface area contributed by atoms with Crippen molar-refractivity contribution >= 4 is 32.4 Å². The fourth-order valence-electron chi connectivity index (χ4n) is 3.16. The Morgan fingerprint density at radius 2 is 1.70 bits per heavy atom. The number of aromatic nitrogens is 1. The second kappa shape index (κ2) is 7.13. The van der Waals surface area contributed by atoms with Gasteiger partial charge in [-0.1, -0.05) is 24.3 Å². The number of hydrogen-bond donors (Lipinski definition) is 2. The zero-order valence-corrected chi connectivity index (χ0v) is 15.9. The van der Waals surface area contributed by atoms with Crippen LogP contribution in [0.15, 0.2) is 65.0 Å². The van der Waals surface area contributed by atoms with E-state index in [1.165, 1.54) is 52.9 Å². The Labute approximate surface area is 161 Å². The lowest BCUT2D eigenvalue weighted by atomic mass is 10.1. The minimum absolute atomic E-state index is 0.0601. The normalized spacial score (nSPS) is 13.9. The van der Waals surface area contributed by atoms with Crippen LogP contribution in [0.4, 0.5) is 5.13 Å². The monoisotopic (exact) mass is 399 g/mol.